The summed E-state index contributed by atoms with van der Waals surface area (Å²) in [5.41, 5.74) is 3.60. The van der Waals surface area contributed by atoms with Crippen LogP contribution >= 0.6 is 23.1 Å². The Kier molecular flexibility index (Phi) is 5.46. The standard InChI is InChI=1S/C24H19N5OS2/c1-15-16(2)25-24-27-21(17-9-4-3-5-10-17)28-29(24)23(15)32-19-12-7-6-11-18(19)26-22(30)20-13-8-14-31-20/h3-14H,1-2H3,(H,26,30). The largest absolute Gasteiger partial charge is 0.320 e. The highest BCUT2D eigenvalue weighted by atomic mass is 32.2. The quantitative estimate of drug-likeness (QED) is 0.334. The van der Waals surface area contributed by atoms with Gasteiger partial charge in [0.2, 0.25) is 0 Å². The number of rotatable bonds is 5. The fraction of sp³-hybridized carbons (Fsp3) is 0.0833. The van der Waals surface area contributed by atoms with Gasteiger partial charge in [0.15, 0.2) is 5.82 Å². The fourth-order valence-corrected chi connectivity index (χ4v) is 4.96. The number of fused-ring (bicyclic) bond motifs is 1. The smallest absolute Gasteiger partial charge is 0.265 e. The van der Waals surface area contributed by atoms with Crippen LogP contribution in [0.3, 0.4) is 0 Å². The number of benzene rings is 2. The Bertz CT molecular complexity index is 1410. The van der Waals surface area contributed by atoms with Crippen LogP contribution in [0, 0.1) is 13.8 Å². The van der Waals surface area contributed by atoms with E-state index in [4.69, 9.17) is 5.10 Å². The van der Waals surface area contributed by atoms with E-state index in [0.717, 1.165) is 32.4 Å². The molecule has 0 aliphatic carbocycles. The van der Waals surface area contributed by atoms with Gasteiger partial charge < -0.3 is 5.32 Å². The third-order valence-corrected chi connectivity index (χ3v) is 7.15. The Labute approximate surface area is 193 Å². The summed E-state index contributed by atoms with van der Waals surface area (Å²) in [6, 6.07) is 21.3. The molecule has 0 bridgehead atoms. The maximum atomic E-state index is 12.6. The number of hydrogen-bond donors (Lipinski definition) is 1. The molecule has 0 unspecified atom stereocenters. The Morgan fingerprint density at radius 2 is 1.75 bits per heavy atom. The van der Waals surface area contributed by atoms with E-state index in [1.807, 2.05) is 86.0 Å². The van der Waals surface area contributed by atoms with Gasteiger partial charge in [-0.25, -0.2) is 4.98 Å². The van der Waals surface area contributed by atoms with Crippen LogP contribution < -0.4 is 5.32 Å². The molecule has 32 heavy (non-hydrogen) atoms. The van der Waals surface area contributed by atoms with E-state index in [-0.39, 0.29) is 5.91 Å². The molecule has 0 aliphatic rings. The number of para-hydroxylation sites is 1. The van der Waals surface area contributed by atoms with Crippen molar-refractivity contribution >= 4 is 40.5 Å². The Morgan fingerprint density at radius 3 is 2.53 bits per heavy atom. The number of amides is 1. The van der Waals surface area contributed by atoms with E-state index in [0.29, 0.717) is 16.5 Å². The highest BCUT2D eigenvalue weighted by Gasteiger charge is 2.18. The number of aromatic nitrogens is 4. The van der Waals surface area contributed by atoms with Crippen molar-refractivity contribution in [3.05, 3.63) is 88.2 Å². The minimum absolute atomic E-state index is 0.118. The van der Waals surface area contributed by atoms with E-state index in [1.165, 1.54) is 11.3 Å². The third kappa shape index (κ3) is 3.90. The minimum Gasteiger partial charge on any atom is -0.320 e. The van der Waals surface area contributed by atoms with Crippen molar-refractivity contribution in [2.24, 2.45) is 0 Å². The van der Waals surface area contributed by atoms with Gasteiger partial charge in [0, 0.05) is 21.7 Å². The molecule has 158 valence electrons. The SMILES string of the molecule is Cc1nc2nc(-c3ccccc3)nn2c(Sc2ccccc2NC(=O)c2cccs2)c1C. The van der Waals surface area contributed by atoms with Crippen molar-refractivity contribution < 1.29 is 4.79 Å². The lowest BCUT2D eigenvalue weighted by Gasteiger charge is -2.13. The molecule has 0 aliphatic heterocycles. The molecule has 3 heterocycles. The molecule has 0 fully saturated rings. The average molecular weight is 458 g/mol. The van der Waals surface area contributed by atoms with Gasteiger partial charge in [-0.15, -0.1) is 16.4 Å². The first kappa shape index (κ1) is 20.4. The van der Waals surface area contributed by atoms with Crippen molar-refractivity contribution in [3.8, 4) is 11.4 Å². The second-order valence-electron chi connectivity index (χ2n) is 7.17. The first-order valence-corrected chi connectivity index (χ1v) is 11.7. The average Bonchev–Trinajstić information content (AvgIpc) is 3.49. The van der Waals surface area contributed by atoms with Crippen LogP contribution in [0.25, 0.3) is 17.2 Å². The summed E-state index contributed by atoms with van der Waals surface area (Å²) in [4.78, 5) is 23.5. The molecule has 0 saturated carbocycles. The van der Waals surface area contributed by atoms with Crippen LogP contribution in [0.15, 0.2) is 82.0 Å². The predicted octanol–water partition coefficient (Wildman–Crippen LogP) is 5.87. The number of carbonyl (C=O) groups excluding carboxylic acids is 1. The van der Waals surface area contributed by atoms with Gasteiger partial charge in [-0.1, -0.05) is 60.3 Å². The molecular weight excluding hydrogens is 438 g/mol. The van der Waals surface area contributed by atoms with Crippen LogP contribution in [-0.2, 0) is 0 Å². The lowest BCUT2D eigenvalue weighted by molar-refractivity contribution is 0.103. The van der Waals surface area contributed by atoms with Crippen LogP contribution in [0.2, 0.25) is 0 Å². The zero-order valence-corrected chi connectivity index (χ0v) is 19.1. The molecule has 0 spiro atoms. The van der Waals surface area contributed by atoms with E-state index < -0.39 is 0 Å². The van der Waals surface area contributed by atoms with Gasteiger partial charge in [-0.05, 0) is 37.4 Å². The van der Waals surface area contributed by atoms with Gasteiger partial charge >= 0.3 is 0 Å². The first-order chi connectivity index (χ1) is 15.6. The monoisotopic (exact) mass is 457 g/mol. The lowest BCUT2D eigenvalue weighted by Crippen LogP contribution is -2.11. The highest BCUT2D eigenvalue weighted by Crippen LogP contribution is 2.36. The number of anilines is 1. The molecule has 5 rings (SSSR count). The van der Waals surface area contributed by atoms with Gasteiger partial charge in [-0.3, -0.25) is 4.79 Å². The molecule has 1 amide bonds. The maximum Gasteiger partial charge on any atom is 0.265 e. The van der Waals surface area contributed by atoms with Crippen LogP contribution in [0.1, 0.15) is 20.9 Å². The number of carbonyl (C=O) groups is 1. The zero-order chi connectivity index (χ0) is 22.1. The summed E-state index contributed by atoms with van der Waals surface area (Å²) in [6.07, 6.45) is 0. The Balaban J connectivity index is 1.55. The molecule has 0 radical (unpaired) electrons. The van der Waals surface area contributed by atoms with Crippen molar-refractivity contribution in [2.45, 2.75) is 23.8 Å². The van der Waals surface area contributed by atoms with E-state index in [2.05, 4.69) is 15.3 Å². The fourth-order valence-electron chi connectivity index (χ4n) is 3.24. The molecule has 2 aromatic carbocycles. The molecule has 0 atom stereocenters. The van der Waals surface area contributed by atoms with Crippen LogP contribution in [0.4, 0.5) is 5.69 Å². The normalized spacial score (nSPS) is 11.1. The number of nitrogens with zero attached hydrogens (tertiary/aromatic N) is 4. The Morgan fingerprint density at radius 1 is 0.969 bits per heavy atom. The van der Waals surface area contributed by atoms with E-state index >= 15 is 0 Å². The van der Waals surface area contributed by atoms with Gasteiger partial charge in [-0.2, -0.15) is 9.50 Å². The van der Waals surface area contributed by atoms with Crippen molar-refractivity contribution in [3.63, 3.8) is 0 Å². The van der Waals surface area contributed by atoms with Crippen molar-refractivity contribution in [2.75, 3.05) is 5.32 Å². The first-order valence-electron chi connectivity index (χ1n) is 10.0. The Hall–Kier alpha value is -3.49. The van der Waals surface area contributed by atoms with E-state index in [1.54, 1.807) is 16.3 Å². The van der Waals surface area contributed by atoms with Crippen LogP contribution in [-0.4, -0.2) is 25.5 Å². The number of hydrogen-bond acceptors (Lipinski definition) is 6. The second kappa shape index (κ2) is 8.57. The molecule has 8 heteroatoms. The van der Waals surface area contributed by atoms with Gasteiger partial charge in [0.25, 0.3) is 11.7 Å². The summed E-state index contributed by atoms with van der Waals surface area (Å²) >= 11 is 2.96. The number of aryl methyl sites for hydroxylation is 1. The van der Waals surface area contributed by atoms with Crippen LogP contribution in [0.5, 0.6) is 0 Å². The zero-order valence-electron chi connectivity index (χ0n) is 17.4. The van der Waals surface area contributed by atoms with E-state index in [9.17, 15) is 4.79 Å². The summed E-state index contributed by atoms with van der Waals surface area (Å²) < 4.78 is 1.78. The van der Waals surface area contributed by atoms with Gasteiger partial charge in [0.05, 0.1) is 10.6 Å². The maximum absolute atomic E-state index is 12.6. The molecular formula is C24H19N5OS2. The lowest BCUT2D eigenvalue weighted by atomic mass is 10.2. The number of nitrogens with one attached hydrogen (secondary N) is 1. The molecule has 6 nitrogen and oxygen atoms in total. The second-order valence-corrected chi connectivity index (χ2v) is 9.15. The molecule has 1 N–H and O–H groups in total. The summed E-state index contributed by atoms with van der Waals surface area (Å²) in [7, 11) is 0. The minimum atomic E-state index is -0.118. The third-order valence-electron chi connectivity index (χ3n) is 5.03. The molecule has 3 aromatic heterocycles. The summed E-state index contributed by atoms with van der Waals surface area (Å²) in [5, 5.41) is 10.6. The number of thiophene rings is 1. The molecule has 5 aromatic rings. The van der Waals surface area contributed by atoms with Crippen molar-refractivity contribution in [1.29, 1.82) is 0 Å². The van der Waals surface area contributed by atoms with Gasteiger partial charge in [0.1, 0.15) is 5.03 Å². The summed E-state index contributed by atoms with van der Waals surface area (Å²) in [5.74, 6) is 1.06. The predicted molar refractivity (Wildman–Crippen MR) is 129 cm³/mol. The molecule has 0 saturated heterocycles. The van der Waals surface area contributed by atoms with Crippen molar-refractivity contribution in [1.82, 2.24) is 19.6 Å². The topological polar surface area (TPSA) is 72.2 Å². The summed E-state index contributed by atoms with van der Waals surface area (Å²) in [6.45, 7) is 4.00. The highest BCUT2D eigenvalue weighted by molar-refractivity contribution is 7.99.